The van der Waals surface area contributed by atoms with Crippen LogP contribution in [-0.2, 0) is 23.1 Å². The van der Waals surface area contributed by atoms with E-state index in [9.17, 15) is 4.79 Å². The maximum absolute atomic E-state index is 10.6. The van der Waals surface area contributed by atoms with Gasteiger partial charge in [0.05, 0.1) is 0 Å². The van der Waals surface area contributed by atoms with Crippen molar-refractivity contribution in [3.8, 4) is 11.4 Å². The van der Waals surface area contributed by atoms with Crippen LogP contribution in [0.25, 0.3) is 11.4 Å². The molecule has 5 rings (SSSR count). The van der Waals surface area contributed by atoms with Crippen LogP contribution in [0.15, 0.2) is 53.1 Å². The molecule has 1 aliphatic heterocycles. The molecule has 1 aliphatic carbocycles. The summed E-state index contributed by atoms with van der Waals surface area (Å²) in [5.41, 5.74) is 3.70. The molecule has 2 fully saturated rings. The molecule has 0 radical (unpaired) electrons. The second kappa shape index (κ2) is 11.0. The standard InChI is InChI=1S/C28H32ClN3O4/c29-23-12-10-22(11-13-23)28(14-2-1-3-15-28)16-4-5-25-30-26(31-36-25)21-8-6-20(7-9-21)17-32-18-24(19-32)35-27(33)34/h6-13,24H,1-5,14-19H2,(H,33,34). The number of hydrogen-bond donors (Lipinski definition) is 1. The van der Waals surface area contributed by atoms with Gasteiger partial charge < -0.3 is 14.4 Å². The quantitative estimate of drug-likeness (QED) is 0.329. The fourth-order valence-corrected chi connectivity index (χ4v) is 5.78. The minimum atomic E-state index is -1.21. The lowest BCUT2D eigenvalue weighted by Crippen LogP contribution is -2.52. The number of rotatable bonds is 9. The van der Waals surface area contributed by atoms with Crippen LogP contribution in [0.4, 0.5) is 4.79 Å². The van der Waals surface area contributed by atoms with Crippen molar-refractivity contribution >= 4 is 17.8 Å². The Hall–Kier alpha value is -2.90. The van der Waals surface area contributed by atoms with Gasteiger partial charge in [-0.3, -0.25) is 4.90 Å². The van der Waals surface area contributed by atoms with Crippen LogP contribution >= 0.6 is 11.6 Å². The molecule has 0 unspecified atom stereocenters. The molecule has 1 aromatic heterocycles. The highest BCUT2D eigenvalue weighted by atomic mass is 35.5. The third kappa shape index (κ3) is 5.90. The largest absolute Gasteiger partial charge is 0.506 e. The number of aryl methyl sites for hydroxylation is 1. The van der Waals surface area contributed by atoms with E-state index in [4.69, 9.17) is 26.0 Å². The number of aromatic nitrogens is 2. The lowest BCUT2D eigenvalue weighted by atomic mass is 9.67. The van der Waals surface area contributed by atoms with Gasteiger partial charge >= 0.3 is 6.16 Å². The Morgan fingerprint density at radius 3 is 2.50 bits per heavy atom. The van der Waals surface area contributed by atoms with Gasteiger partial charge in [0.25, 0.3) is 0 Å². The molecule has 0 atom stereocenters. The Morgan fingerprint density at radius 1 is 1.08 bits per heavy atom. The van der Waals surface area contributed by atoms with Crippen LogP contribution in [-0.4, -0.2) is 45.5 Å². The Labute approximate surface area is 216 Å². The van der Waals surface area contributed by atoms with E-state index in [1.165, 1.54) is 37.7 Å². The molecule has 1 saturated carbocycles. The molecule has 0 bridgehead atoms. The van der Waals surface area contributed by atoms with E-state index in [1.807, 2.05) is 24.3 Å². The van der Waals surface area contributed by atoms with Gasteiger partial charge in [-0.15, -0.1) is 0 Å². The molecule has 2 heterocycles. The van der Waals surface area contributed by atoms with Crippen molar-refractivity contribution in [1.29, 1.82) is 0 Å². The van der Waals surface area contributed by atoms with Crippen molar-refractivity contribution in [2.75, 3.05) is 13.1 Å². The van der Waals surface area contributed by atoms with E-state index >= 15 is 0 Å². The average molecular weight is 510 g/mol. The zero-order valence-electron chi connectivity index (χ0n) is 20.4. The zero-order valence-corrected chi connectivity index (χ0v) is 21.1. The Kier molecular flexibility index (Phi) is 7.58. The van der Waals surface area contributed by atoms with Crippen LogP contribution < -0.4 is 0 Å². The summed E-state index contributed by atoms with van der Waals surface area (Å²) in [6, 6.07) is 16.5. The first-order chi connectivity index (χ1) is 17.5. The number of benzene rings is 2. The maximum Gasteiger partial charge on any atom is 0.506 e. The van der Waals surface area contributed by atoms with Crippen LogP contribution in [0.3, 0.4) is 0 Å². The molecule has 3 aromatic rings. The first-order valence-corrected chi connectivity index (χ1v) is 13.2. The van der Waals surface area contributed by atoms with Gasteiger partial charge in [0, 0.05) is 36.6 Å². The number of hydrogen-bond acceptors (Lipinski definition) is 6. The topological polar surface area (TPSA) is 88.7 Å². The fraction of sp³-hybridized carbons (Fsp3) is 0.464. The summed E-state index contributed by atoms with van der Waals surface area (Å²) in [5, 5.41) is 13.7. The second-order valence-electron chi connectivity index (χ2n) is 10.1. The van der Waals surface area contributed by atoms with Crippen LogP contribution in [0.2, 0.25) is 5.02 Å². The van der Waals surface area contributed by atoms with Crippen molar-refractivity contribution in [2.24, 2.45) is 0 Å². The Morgan fingerprint density at radius 2 is 1.81 bits per heavy atom. The summed E-state index contributed by atoms with van der Waals surface area (Å²) in [6.07, 6.45) is 7.77. The predicted molar refractivity (Wildman–Crippen MR) is 137 cm³/mol. The summed E-state index contributed by atoms with van der Waals surface area (Å²) in [5.74, 6) is 1.29. The van der Waals surface area contributed by atoms with Crippen molar-refractivity contribution < 1.29 is 19.2 Å². The molecule has 190 valence electrons. The molecule has 8 heteroatoms. The molecule has 36 heavy (non-hydrogen) atoms. The van der Waals surface area contributed by atoms with E-state index in [0.29, 0.717) is 24.8 Å². The smallest absolute Gasteiger partial charge is 0.450 e. The highest BCUT2D eigenvalue weighted by Gasteiger charge is 2.33. The number of carboxylic acid groups (broad SMARTS) is 1. The zero-order chi connectivity index (χ0) is 25.0. The summed E-state index contributed by atoms with van der Waals surface area (Å²) in [7, 11) is 0. The fourth-order valence-electron chi connectivity index (χ4n) is 5.65. The van der Waals surface area contributed by atoms with Gasteiger partial charge in [-0.2, -0.15) is 4.98 Å². The molecule has 2 aromatic carbocycles. The third-order valence-electron chi connectivity index (χ3n) is 7.59. The normalized spacial score (nSPS) is 18.0. The monoisotopic (exact) mass is 509 g/mol. The van der Waals surface area contributed by atoms with Crippen molar-refractivity contribution in [3.63, 3.8) is 0 Å². The van der Waals surface area contributed by atoms with Crippen LogP contribution in [0, 0.1) is 0 Å². The van der Waals surface area contributed by atoms with Gasteiger partial charge in [0.1, 0.15) is 6.10 Å². The van der Waals surface area contributed by atoms with Crippen LogP contribution in [0.5, 0.6) is 0 Å². The minimum absolute atomic E-state index is 0.220. The molecule has 0 amide bonds. The first kappa shape index (κ1) is 24.8. The SMILES string of the molecule is O=C(O)OC1CN(Cc2ccc(-c3noc(CCCC4(c5ccc(Cl)cc5)CCCCC4)n3)cc2)C1. The summed E-state index contributed by atoms with van der Waals surface area (Å²) >= 11 is 6.14. The number of nitrogens with zero attached hydrogens (tertiary/aromatic N) is 3. The van der Waals surface area contributed by atoms with Gasteiger partial charge in [0.15, 0.2) is 0 Å². The average Bonchev–Trinajstić information content (AvgIpc) is 3.33. The highest BCUT2D eigenvalue weighted by molar-refractivity contribution is 6.30. The minimum Gasteiger partial charge on any atom is -0.450 e. The molecule has 1 N–H and O–H groups in total. The molecule has 0 spiro atoms. The number of carbonyl (C=O) groups is 1. The highest BCUT2D eigenvalue weighted by Crippen LogP contribution is 2.43. The van der Waals surface area contributed by atoms with Gasteiger partial charge in [0.2, 0.25) is 11.7 Å². The van der Waals surface area contributed by atoms with Gasteiger partial charge in [-0.1, -0.05) is 72.4 Å². The second-order valence-corrected chi connectivity index (χ2v) is 10.5. The van der Waals surface area contributed by atoms with E-state index in [2.05, 4.69) is 39.3 Å². The lowest BCUT2D eigenvalue weighted by Gasteiger charge is -2.38. The molecular weight excluding hydrogens is 478 g/mol. The summed E-state index contributed by atoms with van der Waals surface area (Å²) < 4.78 is 10.4. The van der Waals surface area contributed by atoms with E-state index < -0.39 is 6.16 Å². The number of ether oxygens (including phenoxy) is 1. The molecule has 1 saturated heterocycles. The molecular formula is C28H32ClN3O4. The summed E-state index contributed by atoms with van der Waals surface area (Å²) in [6.45, 7) is 2.01. The van der Waals surface area contributed by atoms with E-state index in [-0.39, 0.29) is 11.5 Å². The van der Waals surface area contributed by atoms with Gasteiger partial charge in [-0.05, 0) is 54.4 Å². The first-order valence-electron chi connectivity index (χ1n) is 12.8. The molecule has 7 nitrogen and oxygen atoms in total. The Bertz CT molecular complexity index is 1150. The van der Waals surface area contributed by atoms with E-state index in [1.54, 1.807) is 0 Å². The third-order valence-corrected chi connectivity index (χ3v) is 7.84. The molecule has 2 aliphatic rings. The van der Waals surface area contributed by atoms with Crippen molar-refractivity contribution in [2.45, 2.75) is 69.4 Å². The summed E-state index contributed by atoms with van der Waals surface area (Å²) in [4.78, 5) is 17.4. The Balaban J connectivity index is 1.14. The lowest BCUT2D eigenvalue weighted by molar-refractivity contribution is -0.0363. The van der Waals surface area contributed by atoms with E-state index in [0.717, 1.165) is 42.0 Å². The maximum atomic E-state index is 10.6. The number of likely N-dealkylation sites (tertiary alicyclic amines) is 1. The van der Waals surface area contributed by atoms with Gasteiger partial charge in [-0.25, -0.2) is 4.79 Å². The number of halogens is 1. The van der Waals surface area contributed by atoms with Crippen molar-refractivity contribution in [3.05, 3.63) is 70.6 Å². The van der Waals surface area contributed by atoms with Crippen molar-refractivity contribution in [1.82, 2.24) is 15.0 Å². The van der Waals surface area contributed by atoms with Crippen LogP contribution in [0.1, 0.15) is 62.0 Å². The predicted octanol–water partition coefficient (Wildman–Crippen LogP) is 6.49.